The second-order valence-corrected chi connectivity index (χ2v) is 6.62. The Morgan fingerprint density at radius 3 is 2.56 bits per heavy atom. The van der Waals surface area contributed by atoms with Gasteiger partial charge in [-0.1, -0.05) is 19.3 Å². The van der Waals surface area contributed by atoms with Gasteiger partial charge in [0.05, 0.1) is 0 Å². The molecule has 0 saturated heterocycles. The second-order valence-electron chi connectivity index (χ2n) is 6.62. The highest BCUT2D eigenvalue weighted by Crippen LogP contribution is 2.34. The summed E-state index contributed by atoms with van der Waals surface area (Å²) in [7, 11) is 0. The van der Waals surface area contributed by atoms with E-state index in [0.29, 0.717) is 37.8 Å². The molecule has 136 valence electrons. The van der Waals surface area contributed by atoms with Gasteiger partial charge in [0.25, 0.3) is 0 Å². The standard InChI is InChI=1S/C19H26N2O4/c1-14(22)21(10-9-20-19(23)15-5-3-2-4-6-15)16-7-8-17-18(13-16)25-12-11-24-17/h7-8,13,15H,2-6,9-12H2,1H3,(H,20,23). The van der Waals surface area contributed by atoms with Crippen LogP contribution in [0.15, 0.2) is 18.2 Å². The number of amides is 2. The predicted octanol–water partition coefficient (Wildman–Crippen LogP) is 2.51. The summed E-state index contributed by atoms with van der Waals surface area (Å²) in [6.07, 6.45) is 5.45. The summed E-state index contributed by atoms with van der Waals surface area (Å²) in [6.45, 7) is 3.46. The number of nitrogens with one attached hydrogen (secondary N) is 1. The lowest BCUT2D eigenvalue weighted by Gasteiger charge is -2.25. The van der Waals surface area contributed by atoms with Crippen LogP contribution in [-0.2, 0) is 9.59 Å². The van der Waals surface area contributed by atoms with Gasteiger partial charge in [0.1, 0.15) is 13.2 Å². The normalized spacial score (nSPS) is 17.0. The van der Waals surface area contributed by atoms with Crippen LogP contribution in [0.5, 0.6) is 11.5 Å². The molecule has 1 saturated carbocycles. The average molecular weight is 346 g/mol. The second kappa shape index (κ2) is 8.23. The lowest BCUT2D eigenvalue weighted by Crippen LogP contribution is -2.40. The van der Waals surface area contributed by atoms with E-state index < -0.39 is 0 Å². The van der Waals surface area contributed by atoms with E-state index in [4.69, 9.17) is 9.47 Å². The topological polar surface area (TPSA) is 67.9 Å². The number of benzene rings is 1. The summed E-state index contributed by atoms with van der Waals surface area (Å²) >= 11 is 0. The van der Waals surface area contributed by atoms with E-state index in [-0.39, 0.29) is 17.7 Å². The van der Waals surface area contributed by atoms with Crippen molar-refractivity contribution in [1.82, 2.24) is 5.32 Å². The first-order chi connectivity index (χ1) is 12.1. The van der Waals surface area contributed by atoms with Crippen LogP contribution in [0.3, 0.4) is 0 Å². The minimum atomic E-state index is -0.0661. The number of hydrogen-bond acceptors (Lipinski definition) is 4. The molecule has 1 heterocycles. The maximum atomic E-state index is 12.2. The van der Waals surface area contributed by atoms with Crippen molar-refractivity contribution in [3.8, 4) is 11.5 Å². The predicted molar refractivity (Wildman–Crippen MR) is 95.0 cm³/mol. The Morgan fingerprint density at radius 2 is 1.84 bits per heavy atom. The van der Waals surface area contributed by atoms with Gasteiger partial charge in [-0.3, -0.25) is 9.59 Å². The van der Waals surface area contributed by atoms with Gasteiger partial charge in [-0.25, -0.2) is 0 Å². The van der Waals surface area contributed by atoms with E-state index in [1.807, 2.05) is 18.2 Å². The van der Waals surface area contributed by atoms with Crippen molar-refractivity contribution in [2.45, 2.75) is 39.0 Å². The number of nitrogens with zero attached hydrogens (tertiary/aromatic N) is 1. The molecule has 3 rings (SSSR count). The number of anilines is 1. The molecule has 0 radical (unpaired) electrons. The minimum Gasteiger partial charge on any atom is -0.486 e. The van der Waals surface area contributed by atoms with Crippen molar-refractivity contribution in [2.75, 3.05) is 31.2 Å². The van der Waals surface area contributed by atoms with Crippen LogP contribution in [0, 0.1) is 5.92 Å². The molecule has 2 amide bonds. The van der Waals surface area contributed by atoms with Crippen LogP contribution in [0.2, 0.25) is 0 Å². The molecule has 1 fully saturated rings. The Labute approximate surface area is 148 Å². The minimum absolute atomic E-state index is 0.0661. The van der Waals surface area contributed by atoms with Gasteiger partial charge >= 0.3 is 0 Å². The summed E-state index contributed by atoms with van der Waals surface area (Å²) in [5.41, 5.74) is 0.753. The van der Waals surface area contributed by atoms with E-state index in [1.165, 1.54) is 13.3 Å². The van der Waals surface area contributed by atoms with E-state index in [9.17, 15) is 9.59 Å². The van der Waals surface area contributed by atoms with Gasteiger partial charge in [-0.2, -0.15) is 0 Å². The van der Waals surface area contributed by atoms with E-state index in [1.54, 1.807) is 4.90 Å². The van der Waals surface area contributed by atoms with Gasteiger partial charge < -0.3 is 19.7 Å². The van der Waals surface area contributed by atoms with Crippen molar-refractivity contribution in [3.05, 3.63) is 18.2 Å². The number of rotatable bonds is 5. The Balaban J connectivity index is 1.58. The lowest BCUT2D eigenvalue weighted by molar-refractivity contribution is -0.126. The van der Waals surface area contributed by atoms with Crippen molar-refractivity contribution in [3.63, 3.8) is 0 Å². The Hall–Kier alpha value is -2.24. The first kappa shape index (κ1) is 17.6. The summed E-state index contributed by atoms with van der Waals surface area (Å²) in [6, 6.07) is 5.48. The molecule has 0 aromatic heterocycles. The quantitative estimate of drug-likeness (QED) is 0.889. The number of fused-ring (bicyclic) bond motifs is 1. The van der Waals surface area contributed by atoms with Gasteiger partial charge in [-0.15, -0.1) is 0 Å². The van der Waals surface area contributed by atoms with Crippen molar-refractivity contribution in [1.29, 1.82) is 0 Å². The smallest absolute Gasteiger partial charge is 0.223 e. The fourth-order valence-corrected chi connectivity index (χ4v) is 3.47. The number of carbonyl (C=O) groups is 2. The van der Waals surface area contributed by atoms with Gasteiger partial charge in [-0.05, 0) is 25.0 Å². The van der Waals surface area contributed by atoms with E-state index in [0.717, 1.165) is 31.4 Å². The number of ether oxygens (including phenoxy) is 2. The molecule has 0 spiro atoms. The molecular weight excluding hydrogens is 320 g/mol. The van der Waals surface area contributed by atoms with Gasteiger partial charge in [0, 0.05) is 37.7 Å². The fourth-order valence-electron chi connectivity index (χ4n) is 3.47. The highest BCUT2D eigenvalue weighted by Gasteiger charge is 2.21. The third-order valence-electron chi connectivity index (χ3n) is 4.83. The largest absolute Gasteiger partial charge is 0.486 e. The average Bonchev–Trinajstić information content (AvgIpc) is 2.65. The monoisotopic (exact) mass is 346 g/mol. The van der Waals surface area contributed by atoms with E-state index >= 15 is 0 Å². The van der Waals surface area contributed by atoms with Gasteiger partial charge in [0.15, 0.2) is 11.5 Å². The molecule has 1 aromatic rings. The number of hydrogen-bond donors (Lipinski definition) is 1. The van der Waals surface area contributed by atoms with Crippen LogP contribution >= 0.6 is 0 Å². The molecule has 6 heteroatoms. The molecule has 0 bridgehead atoms. The molecule has 1 aliphatic carbocycles. The summed E-state index contributed by atoms with van der Waals surface area (Å²) in [4.78, 5) is 25.9. The van der Waals surface area contributed by atoms with Crippen LogP contribution in [-0.4, -0.2) is 38.1 Å². The number of carbonyl (C=O) groups excluding carboxylic acids is 2. The molecule has 0 unspecified atom stereocenters. The summed E-state index contributed by atoms with van der Waals surface area (Å²) < 4.78 is 11.1. The summed E-state index contributed by atoms with van der Waals surface area (Å²) in [5.74, 6) is 1.54. The van der Waals surface area contributed by atoms with Crippen molar-refractivity contribution >= 4 is 17.5 Å². The third kappa shape index (κ3) is 4.44. The zero-order valence-electron chi connectivity index (χ0n) is 14.8. The van der Waals surface area contributed by atoms with Crippen LogP contribution in [0.25, 0.3) is 0 Å². The van der Waals surface area contributed by atoms with Crippen molar-refractivity contribution in [2.24, 2.45) is 5.92 Å². The lowest BCUT2D eigenvalue weighted by atomic mass is 9.89. The summed E-state index contributed by atoms with van der Waals surface area (Å²) in [5, 5.41) is 2.98. The van der Waals surface area contributed by atoms with Gasteiger partial charge in [0.2, 0.25) is 11.8 Å². The fraction of sp³-hybridized carbons (Fsp3) is 0.579. The molecule has 1 N–H and O–H groups in total. The Morgan fingerprint density at radius 1 is 1.12 bits per heavy atom. The van der Waals surface area contributed by atoms with E-state index in [2.05, 4.69) is 5.32 Å². The molecule has 6 nitrogen and oxygen atoms in total. The first-order valence-corrected chi connectivity index (χ1v) is 9.10. The maximum Gasteiger partial charge on any atom is 0.223 e. The molecule has 1 aliphatic heterocycles. The Kier molecular flexibility index (Phi) is 5.79. The highest BCUT2D eigenvalue weighted by molar-refractivity contribution is 5.92. The maximum absolute atomic E-state index is 12.2. The molecule has 1 aromatic carbocycles. The zero-order valence-corrected chi connectivity index (χ0v) is 14.8. The zero-order chi connectivity index (χ0) is 17.6. The molecule has 25 heavy (non-hydrogen) atoms. The third-order valence-corrected chi connectivity index (χ3v) is 4.83. The SMILES string of the molecule is CC(=O)N(CCNC(=O)C1CCCCC1)c1ccc2c(c1)OCCO2. The van der Waals surface area contributed by atoms with Crippen LogP contribution < -0.4 is 19.7 Å². The van der Waals surface area contributed by atoms with Crippen molar-refractivity contribution < 1.29 is 19.1 Å². The molecule has 0 atom stereocenters. The first-order valence-electron chi connectivity index (χ1n) is 9.10. The Bertz CT molecular complexity index is 626. The highest BCUT2D eigenvalue weighted by atomic mass is 16.6. The molecular formula is C19H26N2O4. The van der Waals surface area contributed by atoms with Crippen LogP contribution in [0.4, 0.5) is 5.69 Å². The van der Waals surface area contributed by atoms with Crippen LogP contribution in [0.1, 0.15) is 39.0 Å². The molecule has 2 aliphatic rings.